The molecule has 3 fully saturated rings. The van der Waals surface area contributed by atoms with Gasteiger partial charge in [-0.1, -0.05) is 56.5 Å². The van der Waals surface area contributed by atoms with Crippen LogP contribution in [0.2, 0.25) is 0 Å². The minimum atomic E-state index is 0.795. The molecule has 1 nitrogen and oxygen atoms in total. The lowest BCUT2D eigenvalue weighted by atomic mass is 9.79. The first-order valence-corrected chi connectivity index (χ1v) is 9.63. The molecule has 4 atom stereocenters. The third kappa shape index (κ3) is 2.85. The van der Waals surface area contributed by atoms with Crippen molar-refractivity contribution in [2.75, 3.05) is 6.54 Å². The molecule has 1 heterocycles. The fraction of sp³-hybridized carbons (Fsp3) is 0.714. The zero-order valence-corrected chi connectivity index (χ0v) is 14.0. The highest BCUT2D eigenvalue weighted by Gasteiger charge is 2.57. The van der Waals surface area contributed by atoms with Gasteiger partial charge in [-0.15, -0.1) is 0 Å². The minimum Gasteiger partial charge on any atom is -0.314 e. The standard InChI is InChI=1S/C21H31N/c1-15-10-12-17(13-11-15)20-19(16-7-3-2-4-8-16)21(20)18-9-5-6-14-22-18/h2-4,7-8,15,17-22H,5-6,9-14H2,1H3/t15?,17?,18?,19?,20-,21?/m0/s1. The Hall–Kier alpha value is -0.820. The number of hydrogen-bond acceptors (Lipinski definition) is 1. The monoisotopic (exact) mass is 297 g/mol. The van der Waals surface area contributed by atoms with E-state index in [4.69, 9.17) is 0 Å². The highest BCUT2D eigenvalue weighted by molar-refractivity contribution is 5.30. The predicted octanol–water partition coefficient (Wildman–Crippen LogP) is 4.98. The molecule has 22 heavy (non-hydrogen) atoms. The second-order valence-corrected chi connectivity index (χ2v) is 8.17. The van der Waals surface area contributed by atoms with Gasteiger partial charge in [0.25, 0.3) is 0 Å². The second-order valence-electron chi connectivity index (χ2n) is 8.17. The maximum absolute atomic E-state index is 3.86. The van der Waals surface area contributed by atoms with E-state index in [-0.39, 0.29) is 0 Å². The molecule has 1 aliphatic heterocycles. The molecule has 120 valence electrons. The van der Waals surface area contributed by atoms with Gasteiger partial charge in [0.05, 0.1) is 0 Å². The van der Waals surface area contributed by atoms with Crippen molar-refractivity contribution in [3.63, 3.8) is 0 Å². The fourth-order valence-corrected chi connectivity index (χ4v) is 5.48. The SMILES string of the molecule is CC1CCC([C@H]2C(c3ccccc3)C2C2CCCCN2)CC1. The lowest BCUT2D eigenvalue weighted by molar-refractivity contribution is 0.242. The largest absolute Gasteiger partial charge is 0.314 e. The lowest BCUT2D eigenvalue weighted by Crippen LogP contribution is -2.37. The van der Waals surface area contributed by atoms with Crippen LogP contribution in [0.1, 0.15) is 63.4 Å². The van der Waals surface area contributed by atoms with Crippen LogP contribution in [0.5, 0.6) is 0 Å². The maximum Gasteiger partial charge on any atom is 0.0104 e. The third-order valence-corrected chi connectivity index (χ3v) is 6.74. The molecular formula is C21H31N. The van der Waals surface area contributed by atoms with Crippen LogP contribution in [0, 0.1) is 23.7 Å². The number of piperidine rings is 1. The molecule has 3 aliphatic rings. The highest BCUT2D eigenvalue weighted by Crippen LogP contribution is 2.62. The van der Waals surface area contributed by atoms with E-state index in [1.165, 1.54) is 51.5 Å². The second kappa shape index (κ2) is 6.35. The van der Waals surface area contributed by atoms with Crippen LogP contribution in [0.25, 0.3) is 0 Å². The van der Waals surface area contributed by atoms with E-state index in [0.29, 0.717) is 0 Å². The van der Waals surface area contributed by atoms with Gasteiger partial charge in [0.1, 0.15) is 0 Å². The van der Waals surface area contributed by atoms with E-state index in [9.17, 15) is 0 Å². The fourth-order valence-electron chi connectivity index (χ4n) is 5.48. The van der Waals surface area contributed by atoms with Gasteiger partial charge in [0.2, 0.25) is 0 Å². The summed E-state index contributed by atoms with van der Waals surface area (Å²) in [5, 5.41) is 3.86. The van der Waals surface area contributed by atoms with Crippen LogP contribution in [-0.4, -0.2) is 12.6 Å². The summed E-state index contributed by atoms with van der Waals surface area (Å²) in [6, 6.07) is 12.2. The van der Waals surface area contributed by atoms with Gasteiger partial charge in [-0.2, -0.15) is 0 Å². The average Bonchev–Trinajstić information content (AvgIpc) is 3.33. The summed E-state index contributed by atoms with van der Waals surface area (Å²) in [4.78, 5) is 0. The van der Waals surface area contributed by atoms with Crippen LogP contribution in [0.15, 0.2) is 30.3 Å². The Balaban J connectivity index is 1.52. The number of hydrogen-bond donors (Lipinski definition) is 1. The molecule has 0 spiro atoms. The van der Waals surface area contributed by atoms with Gasteiger partial charge < -0.3 is 5.32 Å². The first-order chi connectivity index (χ1) is 10.8. The Morgan fingerprint density at radius 1 is 0.864 bits per heavy atom. The van der Waals surface area contributed by atoms with Crippen LogP contribution < -0.4 is 5.32 Å². The van der Waals surface area contributed by atoms with Crippen molar-refractivity contribution in [2.24, 2.45) is 23.7 Å². The van der Waals surface area contributed by atoms with Crippen LogP contribution in [-0.2, 0) is 0 Å². The Morgan fingerprint density at radius 3 is 2.32 bits per heavy atom. The maximum atomic E-state index is 3.86. The molecule has 1 saturated heterocycles. The van der Waals surface area contributed by atoms with Crippen molar-refractivity contribution in [2.45, 2.75) is 63.8 Å². The van der Waals surface area contributed by atoms with Crippen molar-refractivity contribution in [1.29, 1.82) is 0 Å². The molecule has 3 unspecified atom stereocenters. The smallest absolute Gasteiger partial charge is 0.0104 e. The van der Waals surface area contributed by atoms with Gasteiger partial charge in [-0.25, -0.2) is 0 Å². The first-order valence-electron chi connectivity index (χ1n) is 9.63. The normalized spacial score (nSPS) is 42.0. The summed E-state index contributed by atoms with van der Waals surface area (Å²) in [6.45, 7) is 3.69. The van der Waals surface area contributed by atoms with Crippen molar-refractivity contribution in [3.05, 3.63) is 35.9 Å². The molecule has 1 heteroatoms. The number of nitrogens with one attached hydrogen (secondary N) is 1. The lowest BCUT2D eigenvalue weighted by Gasteiger charge is -2.28. The molecule has 0 radical (unpaired) electrons. The molecular weight excluding hydrogens is 266 g/mol. The molecule has 4 rings (SSSR count). The van der Waals surface area contributed by atoms with Gasteiger partial charge in [-0.05, 0) is 67.4 Å². The van der Waals surface area contributed by atoms with Crippen LogP contribution in [0.3, 0.4) is 0 Å². The Bertz CT molecular complexity index is 468. The summed E-state index contributed by atoms with van der Waals surface area (Å²) < 4.78 is 0. The zero-order chi connectivity index (χ0) is 14.9. The summed E-state index contributed by atoms with van der Waals surface area (Å²) in [5.74, 6) is 4.69. The molecule has 1 aromatic carbocycles. The van der Waals surface area contributed by atoms with Crippen LogP contribution in [0.4, 0.5) is 0 Å². The van der Waals surface area contributed by atoms with E-state index in [1.54, 1.807) is 5.56 Å². The third-order valence-electron chi connectivity index (χ3n) is 6.74. The number of rotatable bonds is 3. The van der Waals surface area contributed by atoms with E-state index < -0.39 is 0 Å². The molecule has 0 aromatic heterocycles. The summed E-state index contributed by atoms with van der Waals surface area (Å²) in [5.41, 5.74) is 1.61. The van der Waals surface area contributed by atoms with Crippen molar-refractivity contribution >= 4 is 0 Å². The predicted molar refractivity (Wildman–Crippen MR) is 92.9 cm³/mol. The van der Waals surface area contributed by atoms with Gasteiger partial charge in [-0.3, -0.25) is 0 Å². The van der Waals surface area contributed by atoms with Gasteiger partial charge in [0.15, 0.2) is 0 Å². The quantitative estimate of drug-likeness (QED) is 0.829. The molecule has 1 aromatic rings. The molecule has 1 N–H and O–H groups in total. The average molecular weight is 297 g/mol. The molecule has 2 aliphatic carbocycles. The minimum absolute atomic E-state index is 0.795. The van der Waals surface area contributed by atoms with Crippen molar-refractivity contribution < 1.29 is 0 Å². The summed E-state index contributed by atoms with van der Waals surface area (Å²) in [6.07, 6.45) is 10.1. The summed E-state index contributed by atoms with van der Waals surface area (Å²) in [7, 11) is 0. The van der Waals surface area contributed by atoms with Crippen molar-refractivity contribution in [3.8, 4) is 0 Å². The van der Waals surface area contributed by atoms with Crippen molar-refractivity contribution in [1.82, 2.24) is 5.32 Å². The van der Waals surface area contributed by atoms with E-state index >= 15 is 0 Å². The Kier molecular flexibility index (Phi) is 4.26. The first kappa shape index (κ1) is 14.8. The Labute approximate surface area is 135 Å². The van der Waals surface area contributed by atoms with Gasteiger partial charge >= 0.3 is 0 Å². The van der Waals surface area contributed by atoms with E-state index in [2.05, 4.69) is 42.6 Å². The van der Waals surface area contributed by atoms with E-state index in [1.807, 2.05) is 0 Å². The number of benzene rings is 1. The molecule has 0 amide bonds. The van der Waals surface area contributed by atoms with E-state index in [0.717, 1.165) is 35.6 Å². The summed E-state index contributed by atoms with van der Waals surface area (Å²) >= 11 is 0. The molecule has 2 saturated carbocycles. The molecule has 0 bridgehead atoms. The Morgan fingerprint density at radius 2 is 1.64 bits per heavy atom. The topological polar surface area (TPSA) is 12.0 Å². The highest BCUT2D eigenvalue weighted by atomic mass is 14.9. The van der Waals surface area contributed by atoms with Crippen LogP contribution >= 0.6 is 0 Å². The zero-order valence-electron chi connectivity index (χ0n) is 14.0. The van der Waals surface area contributed by atoms with Gasteiger partial charge in [0, 0.05) is 6.04 Å².